The van der Waals surface area contributed by atoms with Gasteiger partial charge in [0.1, 0.15) is 0 Å². The quantitative estimate of drug-likeness (QED) is 0.685. The minimum absolute atomic E-state index is 0.664. The lowest BCUT2D eigenvalue weighted by atomic mass is 9.98. The van der Waals surface area contributed by atoms with E-state index in [1.165, 1.54) is 43.5 Å². The fraction of sp³-hybridized carbons (Fsp3) is 0.706. The Bertz CT molecular complexity index is 465. The molecule has 0 aromatic carbocycles. The average Bonchev–Trinajstić information content (AvgIpc) is 3.07. The van der Waals surface area contributed by atoms with E-state index < -0.39 is 0 Å². The number of aliphatic imine (C=N–C) groups is 1. The van der Waals surface area contributed by atoms with E-state index in [2.05, 4.69) is 27.3 Å². The van der Waals surface area contributed by atoms with Crippen molar-refractivity contribution in [1.82, 2.24) is 9.80 Å². The maximum atomic E-state index is 6.17. The van der Waals surface area contributed by atoms with Crippen LogP contribution in [0, 0.1) is 5.92 Å². The number of likely N-dealkylation sites (tertiary alicyclic amines) is 2. The van der Waals surface area contributed by atoms with Gasteiger partial charge in [-0.25, -0.2) is 0 Å². The van der Waals surface area contributed by atoms with E-state index in [-0.39, 0.29) is 0 Å². The van der Waals surface area contributed by atoms with E-state index in [1.54, 1.807) is 0 Å². The largest absolute Gasteiger partial charge is 0.370 e. The molecule has 5 heteroatoms. The Morgan fingerprint density at radius 1 is 1.23 bits per heavy atom. The van der Waals surface area contributed by atoms with Crippen molar-refractivity contribution >= 4 is 17.3 Å². The number of hydrogen-bond donors (Lipinski definition) is 1. The molecule has 2 aliphatic heterocycles. The van der Waals surface area contributed by atoms with Crippen LogP contribution >= 0.6 is 11.3 Å². The molecule has 0 saturated carbocycles. The van der Waals surface area contributed by atoms with Crippen LogP contribution in [0.1, 0.15) is 37.0 Å². The van der Waals surface area contributed by atoms with Gasteiger partial charge in [0.15, 0.2) is 5.96 Å². The van der Waals surface area contributed by atoms with Crippen molar-refractivity contribution in [2.75, 3.05) is 32.7 Å². The van der Waals surface area contributed by atoms with Crippen LogP contribution in [0.5, 0.6) is 0 Å². The molecule has 0 unspecified atom stereocenters. The van der Waals surface area contributed by atoms with E-state index in [0.29, 0.717) is 5.92 Å². The van der Waals surface area contributed by atoms with Crippen molar-refractivity contribution in [1.29, 1.82) is 0 Å². The molecule has 0 amide bonds. The van der Waals surface area contributed by atoms with Crippen LogP contribution in [0.15, 0.2) is 22.5 Å². The highest BCUT2D eigenvalue weighted by Crippen LogP contribution is 2.20. The van der Waals surface area contributed by atoms with Crippen molar-refractivity contribution in [2.24, 2.45) is 16.6 Å². The second-order valence-electron chi connectivity index (χ2n) is 6.57. The summed E-state index contributed by atoms with van der Waals surface area (Å²) in [6.45, 7) is 6.55. The molecular weight excluding hydrogens is 292 g/mol. The van der Waals surface area contributed by atoms with Crippen molar-refractivity contribution in [3.05, 3.63) is 22.4 Å². The minimum Gasteiger partial charge on any atom is -0.370 e. The smallest absolute Gasteiger partial charge is 0.191 e. The lowest BCUT2D eigenvalue weighted by Crippen LogP contribution is -2.41. The van der Waals surface area contributed by atoms with Gasteiger partial charge in [-0.15, -0.1) is 11.3 Å². The summed E-state index contributed by atoms with van der Waals surface area (Å²) >= 11 is 1.86. The van der Waals surface area contributed by atoms with E-state index >= 15 is 0 Å². The van der Waals surface area contributed by atoms with Gasteiger partial charge in [-0.3, -0.25) is 9.89 Å². The van der Waals surface area contributed by atoms with Gasteiger partial charge in [0.2, 0.25) is 0 Å². The molecule has 0 bridgehead atoms. The summed E-state index contributed by atoms with van der Waals surface area (Å²) in [6.07, 6.45) is 6.43. The van der Waals surface area contributed by atoms with E-state index in [4.69, 9.17) is 10.7 Å². The molecule has 2 saturated heterocycles. The zero-order chi connectivity index (χ0) is 15.2. The fourth-order valence-electron chi connectivity index (χ4n) is 3.51. The molecule has 0 radical (unpaired) electrons. The van der Waals surface area contributed by atoms with Crippen molar-refractivity contribution in [3.63, 3.8) is 0 Å². The highest BCUT2D eigenvalue weighted by atomic mass is 32.1. The first kappa shape index (κ1) is 15.8. The molecular formula is C17H28N4S. The van der Waals surface area contributed by atoms with Crippen LogP contribution < -0.4 is 5.73 Å². The van der Waals surface area contributed by atoms with E-state index in [1.807, 2.05) is 11.3 Å². The van der Waals surface area contributed by atoms with Crippen molar-refractivity contribution in [3.8, 4) is 0 Å². The van der Waals surface area contributed by atoms with Gasteiger partial charge in [-0.2, -0.15) is 0 Å². The fourth-order valence-corrected chi connectivity index (χ4v) is 4.26. The third-order valence-electron chi connectivity index (χ3n) is 4.75. The summed E-state index contributed by atoms with van der Waals surface area (Å²) in [5.74, 6) is 1.44. The summed E-state index contributed by atoms with van der Waals surface area (Å²) in [7, 11) is 0. The summed E-state index contributed by atoms with van der Waals surface area (Å²) in [5.41, 5.74) is 6.17. The first-order valence-corrected chi connectivity index (χ1v) is 9.49. The zero-order valence-corrected chi connectivity index (χ0v) is 14.2. The molecule has 4 nitrogen and oxygen atoms in total. The molecule has 2 N–H and O–H groups in total. The van der Waals surface area contributed by atoms with Gasteiger partial charge < -0.3 is 10.6 Å². The number of guanidine groups is 1. The van der Waals surface area contributed by atoms with E-state index in [0.717, 1.165) is 38.7 Å². The lowest BCUT2D eigenvalue weighted by Gasteiger charge is -2.32. The summed E-state index contributed by atoms with van der Waals surface area (Å²) < 4.78 is 0. The molecule has 3 rings (SSSR count). The molecule has 2 fully saturated rings. The summed E-state index contributed by atoms with van der Waals surface area (Å²) in [5, 5.41) is 2.17. The van der Waals surface area contributed by atoms with Gasteiger partial charge in [0, 0.05) is 37.6 Å². The Morgan fingerprint density at radius 3 is 2.86 bits per heavy atom. The van der Waals surface area contributed by atoms with Gasteiger partial charge in [0.25, 0.3) is 0 Å². The van der Waals surface area contributed by atoms with Gasteiger partial charge in [0.05, 0.1) is 0 Å². The van der Waals surface area contributed by atoms with Crippen LogP contribution in [0.2, 0.25) is 0 Å². The number of nitrogens with zero attached hydrogens (tertiary/aromatic N) is 3. The molecule has 1 aromatic rings. The molecule has 22 heavy (non-hydrogen) atoms. The number of rotatable bonds is 4. The Kier molecular flexibility index (Phi) is 5.73. The van der Waals surface area contributed by atoms with Crippen LogP contribution in [0.4, 0.5) is 0 Å². The first-order chi connectivity index (χ1) is 10.8. The molecule has 3 heterocycles. The third-order valence-corrected chi connectivity index (χ3v) is 5.62. The van der Waals surface area contributed by atoms with Gasteiger partial charge in [-0.1, -0.05) is 6.07 Å². The number of piperidine rings is 2. The molecule has 0 aliphatic carbocycles. The second-order valence-corrected chi connectivity index (χ2v) is 7.60. The van der Waals surface area contributed by atoms with Crippen LogP contribution in [0.3, 0.4) is 0 Å². The number of thiophene rings is 1. The van der Waals surface area contributed by atoms with E-state index in [9.17, 15) is 0 Å². The Morgan fingerprint density at radius 2 is 2.09 bits per heavy atom. The molecule has 0 spiro atoms. The predicted octanol–water partition coefficient (Wildman–Crippen LogP) is 2.76. The zero-order valence-electron chi connectivity index (χ0n) is 13.4. The van der Waals surface area contributed by atoms with Gasteiger partial charge >= 0.3 is 0 Å². The summed E-state index contributed by atoms with van der Waals surface area (Å²) in [6, 6.07) is 4.38. The minimum atomic E-state index is 0.664. The standard InChI is InChI=1S/C17H28N4S/c18-17(21-9-2-1-3-10-21)19-12-15-6-4-8-20(13-15)14-16-7-5-11-22-16/h5,7,11,15H,1-4,6,8-10,12-14H2,(H2,18,19)/t15-/m1/s1. The molecule has 122 valence electrons. The maximum absolute atomic E-state index is 6.17. The van der Waals surface area contributed by atoms with Crippen molar-refractivity contribution < 1.29 is 0 Å². The lowest BCUT2D eigenvalue weighted by molar-refractivity contribution is 0.172. The SMILES string of the molecule is NC(=NC[C@H]1CCCN(Cc2cccs2)C1)N1CCCCC1. The van der Waals surface area contributed by atoms with Crippen LogP contribution in [-0.4, -0.2) is 48.5 Å². The Balaban J connectivity index is 1.47. The topological polar surface area (TPSA) is 44.9 Å². The Hall–Kier alpha value is -1.07. The summed E-state index contributed by atoms with van der Waals surface area (Å²) in [4.78, 5) is 11.0. The maximum Gasteiger partial charge on any atom is 0.191 e. The highest BCUT2D eigenvalue weighted by molar-refractivity contribution is 7.09. The number of nitrogens with two attached hydrogens (primary N) is 1. The Labute approximate surface area is 138 Å². The average molecular weight is 321 g/mol. The molecule has 1 atom stereocenters. The molecule has 1 aromatic heterocycles. The first-order valence-electron chi connectivity index (χ1n) is 8.61. The highest BCUT2D eigenvalue weighted by Gasteiger charge is 2.20. The van der Waals surface area contributed by atoms with Gasteiger partial charge in [-0.05, 0) is 56.0 Å². The normalized spacial score (nSPS) is 24.6. The molecule has 2 aliphatic rings. The monoisotopic (exact) mass is 320 g/mol. The number of hydrogen-bond acceptors (Lipinski definition) is 3. The predicted molar refractivity (Wildman–Crippen MR) is 94.2 cm³/mol. The third kappa shape index (κ3) is 4.46. The van der Waals surface area contributed by atoms with Crippen LogP contribution in [-0.2, 0) is 6.54 Å². The van der Waals surface area contributed by atoms with Crippen molar-refractivity contribution in [2.45, 2.75) is 38.6 Å². The second kappa shape index (κ2) is 7.97. The van der Waals surface area contributed by atoms with Crippen LogP contribution in [0.25, 0.3) is 0 Å².